The summed E-state index contributed by atoms with van der Waals surface area (Å²) in [7, 11) is -4.22. The highest BCUT2D eigenvalue weighted by atomic mass is 32.2. The number of rotatable bonds is 8. The quantitative estimate of drug-likeness (QED) is 0.406. The molecule has 4 rings (SSSR count). The second-order valence-electron chi connectivity index (χ2n) is 11.3. The number of nitrogens with one attached hydrogen (secondary N) is 2. The van der Waals surface area contributed by atoms with Crippen LogP contribution in [0, 0.1) is 18.3 Å². The van der Waals surface area contributed by atoms with Crippen LogP contribution in [-0.4, -0.2) is 64.2 Å². The molecule has 1 saturated heterocycles. The number of nitrogens with zero attached hydrogens (tertiary/aromatic N) is 5. The fourth-order valence-electron chi connectivity index (χ4n) is 4.61. The Bertz CT molecular complexity index is 1510. The van der Waals surface area contributed by atoms with Gasteiger partial charge in [-0.2, -0.15) is 18.3 Å². The maximum absolute atomic E-state index is 13.3. The van der Waals surface area contributed by atoms with E-state index in [4.69, 9.17) is 4.74 Å². The van der Waals surface area contributed by atoms with E-state index < -0.39 is 39.7 Å². The number of H-pyrrole nitrogens is 1. The number of aromatic nitrogens is 5. The minimum Gasteiger partial charge on any atom is -0.476 e. The van der Waals surface area contributed by atoms with Gasteiger partial charge >= 0.3 is 6.18 Å². The monoisotopic (exact) mass is 583 g/mol. The van der Waals surface area contributed by atoms with E-state index in [1.165, 1.54) is 42.2 Å². The number of alkyl halides is 3. The number of hydrogen-bond donors (Lipinski definition) is 2. The maximum Gasteiger partial charge on any atom is 0.397 e. The summed E-state index contributed by atoms with van der Waals surface area (Å²) >= 11 is 0. The van der Waals surface area contributed by atoms with E-state index in [1.807, 2.05) is 18.7 Å². The van der Waals surface area contributed by atoms with Crippen molar-refractivity contribution in [2.75, 3.05) is 18.1 Å². The summed E-state index contributed by atoms with van der Waals surface area (Å²) in [6, 6.07) is 4.33. The molecule has 1 aliphatic heterocycles. The fourth-order valence-corrected chi connectivity index (χ4v) is 5.71. The van der Waals surface area contributed by atoms with Gasteiger partial charge in [0.15, 0.2) is 5.82 Å². The van der Waals surface area contributed by atoms with Crippen LogP contribution >= 0.6 is 0 Å². The largest absolute Gasteiger partial charge is 0.476 e. The van der Waals surface area contributed by atoms with Gasteiger partial charge in [0.05, 0.1) is 16.7 Å². The zero-order valence-corrected chi connectivity index (χ0v) is 23.8. The smallest absolute Gasteiger partial charge is 0.397 e. The normalized spacial score (nSPS) is 17.7. The van der Waals surface area contributed by atoms with Gasteiger partial charge in [0.25, 0.3) is 15.9 Å². The first-order chi connectivity index (χ1) is 18.4. The number of halogens is 3. The summed E-state index contributed by atoms with van der Waals surface area (Å²) in [4.78, 5) is 19.8. The number of amides is 1. The van der Waals surface area contributed by atoms with E-state index in [0.29, 0.717) is 6.54 Å². The molecular weight excluding hydrogens is 551 g/mol. The minimum absolute atomic E-state index is 0.0285. The fraction of sp³-hybridized carbons (Fsp3) is 0.520. The highest BCUT2D eigenvalue weighted by Gasteiger charge is 2.48. The molecule has 0 bridgehead atoms. The average Bonchev–Trinajstić information content (AvgIpc) is 3.54. The van der Waals surface area contributed by atoms with Crippen molar-refractivity contribution in [3.8, 4) is 11.7 Å². The molecule has 0 aromatic carbocycles. The first kappa shape index (κ1) is 29.4. The van der Waals surface area contributed by atoms with Gasteiger partial charge in [-0.3, -0.25) is 9.89 Å². The van der Waals surface area contributed by atoms with Crippen LogP contribution in [0.4, 0.5) is 19.0 Å². The Hall–Kier alpha value is -3.62. The zero-order valence-electron chi connectivity index (χ0n) is 23.0. The number of carbonyl (C=O) groups is 1. The van der Waals surface area contributed by atoms with Crippen LogP contribution in [-0.2, 0) is 10.0 Å². The average molecular weight is 584 g/mol. The SMILES string of the molecule is Cc1n[nH]cc1S(=O)(=O)NC(=O)c1ccc(-n2ccc(OCC(C)(C)C(F)(F)F)n2)nc1N1C[C@@H](C)CC1(C)C. The predicted octanol–water partition coefficient (Wildman–Crippen LogP) is 4.01. The van der Waals surface area contributed by atoms with Crippen molar-refractivity contribution >= 4 is 21.7 Å². The minimum atomic E-state index is -4.45. The molecule has 1 atom stereocenters. The maximum atomic E-state index is 13.3. The van der Waals surface area contributed by atoms with Crippen LogP contribution in [0.25, 0.3) is 5.82 Å². The van der Waals surface area contributed by atoms with Crippen LogP contribution < -0.4 is 14.4 Å². The lowest BCUT2D eigenvalue weighted by Crippen LogP contribution is -2.41. The van der Waals surface area contributed by atoms with Gasteiger partial charge in [0.2, 0.25) is 5.88 Å². The number of aryl methyl sites for hydroxylation is 1. The summed E-state index contributed by atoms with van der Waals surface area (Å²) in [5, 5.41) is 10.5. The Morgan fingerprint density at radius 3 is 2.52 bits per heavy atom. The lowest BCUT2D eigenvalue weighted by molar-refractivity contribution is -0.219. The summed E-state index contributed by atoms with van der Waals surface area (Å²) < 4.78 is 74.1. The van der Waals surface area contributed by atoms with Gasteiger partial charge < -0.3 is 9.64 Å². The molecule has 11 nitrogen and oxygen atoms in total. The third-order valence-corrected chi connectivity index (χ3v) is 8.33. The highest BCUT2D eigenvalue weighted by molar-refractivity contribution is 7.90. The summed E-state index contributed by atoms with van der Waals surface area (Å²) in [5.41, 5.74) is -2.24. The molecule has 4 heterocycles. The van der Waals surface area contributed by atoms with Crippen molar-refractivity contribution in [1.29, 1.82) is 0 Å². The Morgan fingerprint density at radius 1 is 1.25 bits per heavy atom. The van der Waals surface area contributed by atoms with E-state index >= 15 is 0 Å². The van der Waals surface area contributed by atoms with E-state index in [9.17, 15) is 26.4 Å². The number of pyridine rings is 1. The van der Waals surface area contributed by atoms with Crippen LogP contribution in [0.15, 0.2) is 35.5 Å². The zero-order chi connectivity index (χ0) is 29.7. The number of ether oxygens (including phenoxy) is 1. The van der Waals surface area contributed by atoms with Crippen molar-refractivity contribution in [3.05, 3.63) is 41.9 Å². The molecule has 3 aromatic rings. The van der Waals surface area contributed by atoms with Gasteiger partial charge in [0.1, 0.15) is 17.3 Å². The number of anilines is 1. The first-order valence-corrected chi connectivity index (χ1v) is 14.0. The molecule has 0 saturated carbocycles. The van der Waals surface area contributed by atoms with Crippen LogP contribution in [0.3, 0.4) is 0 Å². The number of hydrogen-bond acceptors (Lipinski definition) is 8. The van der Waals surface area contributed by atoms with Crippen LogP contribution in [0.1, 0.15) is 57.1 Å². The molecule has 0 unspecified atom stereocenters. The molecule has 1 fully saturated rings. The lowest BCUT2D eigenvalue weighted by Gasteiger charge is -2.34. The topological polar surface area (TPSA) is 135 Å². The van der Waals surface area contributed by atoms with Crippen molar-refractivity contribution in [2.24, 2.45) is 11.3 Å². The number of aromatic amines is 1. The Morgan fingerprint density at radius 2 is 1.95 bits per heavy atom. The molecule has 2 N–H and O–H groups in total. The number of carbonyl (C=O) groups excluding carboxylic acids is 1. The van der Waals surface area contributed by atoms with Crippen molar-refractivity contribution in [1.82, 2.24) is 29.7 Å². The van der Waals surface area contributed by atoms with Crippen molar-refractivity contribution < 1.29 is 31.1 Å². The molecule has 15 heteroatoms. The molecule has 40 heavy (non-hydrogen) atoms. The summed E-state index contributed by atoms with van der Waals surface area (Å²) in [5.74, 6) is -0.113. The highest BCUT2D eigenvalue weighted by Crippen LogP contribution is 2.39. The van der Waals surface area contributed by atoms with Gasteiger partial charge in [-0.05, 0) is 59.1 Å². The van der Waals surface area contributed by atoms with Crippen LogP contribution in [0.5, 0.6) is 5.88 Å². The van der Waals surface area contributed by atoms with E-state index in [0.717, 1.165) is 20.3 Å². The number of sulfonamides is 1. The van der Waals surface area contributed by atoms with E-state index in [1.54, 1.807) is 0 Å². The molecule has 0 spiro atoms. The second kappa shape index (κ2) is 10.1. The summed E-state index contributed by atoms with van der Waals surface area (Å²) in [6.45, 7) is 9.57. The Labute approximate surface area is 230 Å². The molecule has 1 amide bonds. The molecule has 1 aliphatic rings. The second-order valence-corrected chi connectivity index (χ2v) is 13.0. The standard InChI is InChI=1S/C25H32F3N7O4S/c1-15-11-24(5,6)34(13-15)21-17(22(36)33-40(37,38)18-12-29-31-16(18)2)7-8-19(30-21)35-10-9-20(32-35)39-14-23(3,4)25(26,27)28/h7-10,12,15H,11,13-14H2,1-6H3,(H,29,31)(H,33,36)/t15-/m0/s1. The van der Waals surface area contributed by atoms with E-state index in [2.05, 4.69) is 31.9 Å². The Balaban J connectivity index is 1.67. The summed E-state index contributed by atoms with van der Waals surface area (Å²) in [6.07, 6.45) is -0.982. The molecule has 0 radical (unpaired) electrons. The van der Waals surface area contributed by atoms with Crippen LogP contribution in [0.2, 0.25) is 0 Å². The molecular formula is C25H32F3N7O4S. The van der Waals surface area contributed by atoms with Crippen molar-refractivity contribution in [3.63, 3.8) is 0 Å². The first-order valence-electron chi connectivity index (χ1n) is 12.5. The lowest BCUT2D eigenvalue weighted by atomic mass is 9.94. The third-order valence-electron chi connectivity index (χ3n) is 6.88. The molecule has 218 valence electrons. The van der Waals surface area contributed by atoms with Gasteiger partial charge in [-0.15, -0.1) is 5.10 Å². The van der Waals surface area contributed by atoms with E-state index in [-0.39, 0.29) is 39.6 Å². The van der Waals surface area contributed by atoms with Gasteiger partial charge in [0, 0.05) is 30.5 Å². The van der Waals surface area contributed by atoms with Gasteiger partial charge in [-0.1, -0.05) is 6.92 Å². The van der Waals surface area contributed by atoms with Crippen molar-refractivity contribution in [2.45, 2.75) is 64.6 Å². The van der Waals surface area contributed by atoms with Gasteiger partial charge in [-0.25, -0.2) is 22.8 Å². The Kier molecular flexibility index (Phi) is 7.41. The molecule has 3 aromatic heterocycles. The molecule has 0 aliphatic carbocycles. The third kappa shape index (κ3) is 5.78. The predicted molar refractivity (Wildman–Crippen MR) is 140 cm³/mol.